The predicted molar refractivity (Wildman–Crippen MR) is 122 cm³/mol. The lowest BCUT2D eigenvalue weighted by atomic mass is 9.97. The van der Waals surface area contributed by atoms with E-state index < -0.39 is 0 Å². The van der Waals surface area contributed by atoms with Gasteiger partial charge >= 0.3 is 0 Å². The molecule has 0 saturated heterocycles. The van der Waals surface area contributed by atoms with Crippen molar-refractivity contribution in [3.05, 3.63) is 83.7 Å². The van der Waals surface area contributed by atoms with E-state index in [0.717, 1.165) is 22.3 Å². The largest absolute Gasteiger partial charge is 0.392 e. The van der Waals surface area contributed by atoms with E-state index in [1.54, 1.807) is 11.2 Å². The molecule has 3 heterocycles. The number of rotatable bonds is 5. The molecule has 0 radical (unpaired) electrons. The second-order valence-corrected chi connectivity index (χ2v) is 8.12. The first-order chi connectivity index (χ1) is 15.6. The SMILES string of the molecule is CC(C)n1cnnc1-c1cccc(N2Cc3ccc(-c4ccccc4CO)cc3C2=O)n1. The number of carbonyl (C=O) groups is 1. The van der Waals surface area contributed by atoms with Crippen LogP contribution in [0.3, 0.4) is 0 Å². The zero-order valence-corrected chi connectivity index (χ0v) is 17.9. The van der Waals surface area contributed by atoms with Gasteiger partial charge in [-0.2, -0.15) is 0 Å². The molecule has 1 amide bonds. The number of aromatic nitrogens is 4. The number of pyridine rings is 1. The Hall–Kier alpha value is -3.84. The van der Waals surface area contributed by atoms with Crippen molar-refractivity contribution in [3.8, 4) is 22.6 Å². The number of hydrogen-bond acceptors (Lipinski definition) is 5. The molecule has 1 aliphatic heterocycles. The fourth-order valence-corrected chi connectivity index (χ4v) is 4.10. The summed E-state index contributed by atoms with van der Waals surface area (Å²) < 4.78 is 1.96. The maximum Gasteiger partial charge on any atom is 0.260 e. The molecule has 0 unspecified atom stereocenters. The molecule has 0 saturated carbocycles. The molecule has 0 atom stereocenters. The van der Waals surface area contributed by atoms with Crippen LogP contribution >= 0.6 is 0 Å². The number of carbonyl (C=O) groups excluding carboxylic acids is 1. The van der Waals surface area contributed by atoms with Gasteiger partial charge in [0.15, 0.2) is 5.82 Å². The minimum atomic E-state index is -0.0849. The van der Waals surface area contributed by atoms with E-state index >= 15 is 0 Å². The van der Waals surface area contributed by atoms with Crippen LogP contribution in [-0.2, 0) is 13.2 Å². The second-order valence-electron chi connectivity index (χ2n) is 8.12. The molecule has 0 aliphatic carbocycles. The third-order valence-corrected chi connectivity index (χ3v) is 5.78. The van der Waals surface area contributed by atoms with Crippen molar-refractivity contribution < 1.29 is 9.90 Å². The third-order valence-electron chi connectivity index (χ3n) is 5.78. The van der Waals surface area contributed by atoms with Crippen molar-refractivity contribution in [2.75, 3.05) is 4.90 Å². The van der Waals surface area contributed by atoms with Crippen molar-refractivity contribution in [2.45, 2.75) is 33.0 Å². The van der Waals surface area contributed by atoms with Gasteiger partial charge in [0, 0.05) is 11.6 Å². The highest BCUT2D eigenvalue weighted by Gasteiger charge is 2.30. The molecule has 1 aliphatic rings. The summed E-state index contributed by atoms with van der Waals surface area (Å²) in [6.07, 6.45) is 1.69. The molecule has 0 fully saturated rings. The summed E-state index contributed by atoms with van der Waals surface area (Å²) in [6.45, 7) is 4.53. The van der Waals surface area contributed by atoms with Crippen LogP contribution in [0.5, 0.6) is 0 Å². The lowest BCUT2D eigenvalue weighted by Gasteiger charge is -2.16. The Morgan fingerprint density at radius 1 is 1.03 bits per heavy atom. The maximum atomic E-state index is 13.3. The van der Waals surface area contributed by atoms with Gasteiger partial charge in [-0.1, -0.05) is 42.5 Å². The van der Waals surface area contributed by atoms with E-state index in [-0.39, 0.29) is 18.6 Å². The van der Waals surface area contributed by atoms with Gasteiger partial charge in [0.1, 0.15) is 17.8 Å². The van der Waals surface area contributed by atoms with Crippen LogP contribution in [0.1, 0.15) is 41.4 Å². The summed E-state index contributed by atoms with van der Waals surface area (Å²) in [5, 5.41) is 17.9. The Labute approximate surface area is 186 Å². The predicted octanol–water partition coefficient (Wildman–Crippen LogP) is 4.24. The van der Waals surface area contributed by atoms with E-state index in [1.165, 1.54) is 0 Å². The molecular weight excluding hydrogens is 402 g/mol. The molecule has 2 aromatic heterocycles. The Bertz CT molecular complexity index is 1310. The first kappa shape index (κ1) is 20.1. The maximum absolute atomic E-state index is 13.3. The number of benzene rings is 2. The average molecular weight is 425 g/mol. The number of amides is 1. The van der Waals surface area contributed by atoms with Gasteiger partial charge in [-0.15, -0.1) is 10.2 Å². The summed E-state index contributed by atoms with van der Waals surface area (Å²) in [4.78, 5) is 19.7. The lowest BCUT2D eigenvalue weighted by molar-refractivity contribution is 0.0996. The number of hydrogen-bond donors (Lipinski definition) is 1. The molecule has 0 bridgehead atoms. The second kappa shape index (κ2) is 8.01. The molecule has 2 aromatic carbocycles. The van der Waals surface area contributed by atoms with Crippen LogP contribution < -0.4 is 4.90 Å². The fourth-order valence-electron chi connectivity index (χ4n) is 4.10. The molecular formula is C25H23N5O2. The smallest absolute Gasteiger partial charge is 0.260 e. The summed E-state index contributed by atoms with van der Waals surface area (Å²) in [5.74, 6) is 1.17. The Kier molecular flexibility index (Phi) is 5.03. The molecule has 5 rings (SSSR count). The summed E-state index contributed by atoms with van der Waals surface area (Å²) in [7, 11) is 0. The van der Waals surface area contributed by atoms with Gasteiger partial charge < -0.3 is 9.67 Å². The molecule has 1 N–H and O–H groups in total. The molecule has 160 valence electrons. The first-order valence-electron chi connectivity index (χ1n) is 10.6. The van der Waals surface area contributed by atoms with E-state index in [9.17, 15) is 9.90 Å². The quantitative estimate of drug-likeness (QED) is 0.517. The molecule has 7 nitrogen and oxygen atoms in total. The van der Waals surface area contributed by atoms with Crippen molar-refractivity contribution in [2.24, 2.45) is 0 Å². The minimum absolute atomic E-state index is 0.0506. The highest BCUT2D eigenvalue weighted by Crippen LogP contribution is 2.33. The van der Waals surface area contributed by atoms with E-state index in [0.29, 0.717) is 29.4 Å². The molecule has 7 heteroatoms. The number of aliphatic hydroxyl groups is 1. The highest BCUT2D eigenvalue weighted by atomic mass is 16.3. The molecule has 0 spiro atoms. The Morgan fingerprint density at radius 2 is 1.88 bits per heavy atom. The van der Waals surface area contributed by atoms with Crippen LogP contribution in [-0.4, -0.2) is 30.8 Å². The zero-order valence-electron chi connectivity index (χ0n) is 17.9. The zero-order chi connectivity index (χ0) is 22.2. The van der Waals surface area contributed by atoms with Gasteiger partial charge in [0.05, 0.1) is 13.2 Å². The number of aliphatic hydroxyl groups excluding tert-OH is 1. The van der Waals surface area contributed by atoms with E-state index in [1.807, 2.05) is 65.2 Å². The summed E-state index contributed by atoms with van der Waals surface area (Å²) in [6, 6.07) is 19.4. The molecule has 4 aromatic rings. The average Bonchev–Trinajstić information content (AvgIpc) is 3.44. The molecule has 32 heavy (non-hydrogen) atoms. The Balaban J connectivity index is 1.49. The summed E-state index contributed by atoms with van der Waals surface area (Å²) >= 11 is 0. The number of anilines is 1. The van der Waals surface area contributed by atoms with Crippen LogP contribution in [0.2, 0.25) is 0 Å². The van der Waals surface area contributed by atoms with Gasteiger partial charge in [-0.3, -0.25) is 9.69 Å². The van der Waals surface area contributed by atoms with Crippen LogP contribution in [0, 0.1) is 0 Å². The minimum Gasteiger partial charge on any atom is -0.392 e. The van der Waals surface area contributed by atoms with E-state index in [4.69, 9.17) is 4.98 Å². The number of fused-ring (bicyclic) bond motifs is 1. The first-order valence-corrected chi connectivity index (χ1v) is 10.6. The van der Waals surface area contributed by atoms with Crippen LogP contribution in [0.15, 0.2) is 67.0 Å². The lowest BCUT2D eigenvalue weighted by Crippen LogP contribution is -2.24. The fraction of sp³-hybridized carbons (Fsp3) is 0.200. The van der Waals surface area contributed by atoms with E-state index in [2.05, 4.69) is 24.0 Å². The van der Waals surface area contributed by atoms with Gasteiger partial charge in [-0.25, -0.2) is 4.98 Å². The highest BCUT2D eigenvalue weighted by molar-refractivity contribution is 6.10. The Morgan fingerprint density at radius 3 is 2.69 bits per heavy atom. The number of nitrogens with zero attached hydrogens (tertiary/aromatic N) is 5. The van der Waals surface area contributed by atoms with Crippen molar-refractivity contribution >= 4 is 11.7 Å². The van der Waals surface area contributed by atoms with Crippen LogP contribution in [0.4, 0.5) is 5.82 Å². The topological polar surface area (TPSA) is 84.1 Å². The van der Waals surface area contributed by atoms with Crippen molar-refractivity contribution in [1.29, 1.82) is 0 Å². The van der Waals surface area contributed by atoms with Crippen molar-refractivity contribution in [3.63, 3.8) is 0 Å². The monoisotopic (exact) mass is 425 g/mol. The van der Waals surface area contributed by atoms with Gasteiger partial charge in [-0.05, 0) is 54.3 Å². The van der Waals surface area contributed by atoms with Crippen LogP contribution in [0.25, 0.3) is 22.6 Å². The third kappa shape index (κ3) is 3.36. The summed E-state index contributed by atoms with van der Waals surface area (Å²) in [5.41, 5.74) is 4.96. The van der Waals surface area contributed by atoms with Gasteiger partial charge in [0.2, 0.25) is 0 Å². The van der Waals surface area contributed by atoms with Crippen molar-refractivity contribution in [1.82, 2.24) is 19.7 Å². The van der Waals surface area contributed by atoms with Gasteiger partial charge in [0.25, 0.3) is 5.91 Å². The normalized spacial score (nSPS) is 13.1. The standard InChI is InChI=1S/C25H23N5O2/c1-16(2)30-15-26-28-24(30)22-8-5-9-23(27-22)29-13-18-11-10-17(12-21(18)25(29)32)20-7-4-3-6-19(20)14-31/h3-12,15-16,31H,13-14H2,1-2H3.